The molecule has 2 atom stereocenters. The first-order valence-electron chi connectivity index (χ1n) is 8.14. The Balaban J connectivity index is 1.69. The average molecular weight is 286 g/mol. The molecule has 0 nitrogen and oxygen atoms in total. The van der Waals surface area contributed by atoms with E-state index in [0.29, 0.717) is 0 Å². The molecule has 0 amide bonds. The molecule has 2 aliphatic rings. The van der Waals surface area contributed by atoms with Crippen molar-refractivity contribution in [2.75, 3.05) is 0 Å². The van der Waals surface area contributed by atoms with Gasteiger partial charge in [-0.25, -0.2) is 0 Å². The van der Waals surface area contributed by atoms with E-state index in [-0.39, 0.29) is 10.8 Å². The minimum absolute atomic E-state index is 0.239. The third kappa shape index (κ3) is 1.98. The van der Waals surface area contributed by atoms with Gasteiger partial charge >= 0.3 is 0 Å². The van der Waals surface area contributed by atoms with Crippen LogP contribution in [0.4, 0.5) is 0 Å². The Kier molecular flexibility index (Phi) is 2.91. The normalized spacial score (nSPS) is 29.9. The molecule has 0 heteroatoms. The predicted molar refractivity (Wildman–Crippen MR) is 94.3 cm³/mol. The van der Waals surface area contributed by atoms with Crippen molar-refractivity contribution >= 4 is 11.1 Å². The quantitative estimate of drug-likeness (QED) is 0.637. The van der Waals surface area contributed by atoms with E-state index in [1.807, 2.05) is 0 Å². The molecule has 2 aromatic carbocycles. The van der Waals surface area contributed by atoms with Crippen molar-refractivity contribution in [1.82, 2.24) is 0 Å². The van der Waals surface area contributed by atoms with Gasteiger partial charge in [0, 0.05) is 0 Å². The van der Waals surface area contributed by atoms with Gasteiger partial charge in [-0.05, 0) is 45.9 Å². The minimum atomic E-state index is 0.239. The Morgan fingerprint density at radius 1 is 0.591 bits per heavy atom. The molecule has 0 spiro atoms. The van der Waals surface area contributed by atoms with Crippen molar-refractivity contribution < 1.29 is 0 Å². The molecule has 4 rings (SSSR count). The second kappa shape index (κ2) is 4.71. The highest BCUT2D eigenvalue weighted by Crippen LogP contribution is 2.62. The molecule has 0 bridgehead atoms. The average Bonchev–Trinajstić information content (AvgIpc) is 2.94. The van der Waals surface area contributed by atoms with E-state index in [4.69, 9.17) is 0 Å². The molecular weight excluding hydrogens is 264 g/mol. The van der Waals surface area contributed by atoms with Crippen LogP contribution in [0.3, 0.4) is 0 Å². The Morgan fingerprint density at radius 2 is 0.955 bits per heavy atom. The summed E-state index contributed by atoms with van der Waals surface area (Å²) in [6, 6.07) is 21.7. The van der Waals surface area contributed by atoms with Gasteiger partial charge in [-0.1, -0.05) is 86.7 Å². The van der Waals surface area contributed by atoms with Crippen LogP contribution in [0.15, 0.2) is 72.8 Å². The molecule has 0 N–H and O–H groups in total. The number of rotatable bonds is 2. The largest absolute Gasteiger partial charge is 0.0735 e. The van der Waals surface area contributed by atoms with Crippen LogP contribution in [0.1, 0.15) is 37.8 Å². The van der Waals surface area contributed by atoms with E-state index in [9.17, 15) is 0 Å². The van der Waals surface area contributed by atoms with Gasteiger partial charge in [-0.3, -0.25) is 0 Å². The van der Waals surface area contributed by atoms with Gasteiger partial charge in [0.15, 0.2) is 0 Å². The second-order valence-electron chi connectivity index (χ2n) is 7.26. The smallest absolute Gasteiger partial charge is 0.000839 e. The number of hydrogen-bond donors (Lipinski definition) is 0. The molecule has 2 unspecified atom stereocenters. The SMILES string of the molecule is CC12C=C(c3ccccc3)CC1(C)C=C(c1ccccc1)C2. The summed E-state index contributed by atoms with van der Waals surface area (Å²) in [5, 5.41) is 0. The molecule has 2 aromatic rings. The molecule has 0 aromatic heterocycles. The molecule has 0 saturated carbocycles. The summed E-state index contributed by atoms with van der Waals surface area (Å²) >= 11 is 0. The van der Waals surface area contributed by atoms with E-state index in [0.717, 1.165) is 12.8 Å². The maximum atomic E-state index is 2.54. The minimum Gasteiger partial charge on any atom is -0.0735 e. The topological polar surface area (TPSA) is 0 Å². The van der Waals surface area contributed by atoms with Crippen molar-refractivity contribution in [3.05, 3.63) is 83.9 Å². The summed E-state index contributed by atoms with van der Waals surface area (Å²) in [5.74, 6) is 0. The van der Waals surface area contributed by atoms with Crippen LogP contribution >= 0.6 is 0 Å². The fourth-order valence-corrected chi connectivity index (χ4v) is 4.17. The van der Waals surface area contributed by atoms with E-state index < -0.39 is 0 Å². The van der Waals surface area contributed by atoms with Crippen LogP contribution in [-0.2, 0) is 0 Å². The van der Waals surface area contributed by atoms with Gasteiger partial charge in [-0.15, -0.1) is 0 Å². The maximum absolute atomic E-state index is 2.54. The number of benzene rings is 2. The molecule has 0 fully saturated rings. The highest BCUT2D eigenvalue weighted by atomic mass is 14.5. The number of fused-ring (bicyclic) bond motifs is 1. The van der Waals surface area contributed by atoms with Gasteiger partial charge < -0.3 is 0 Å². The zero-order valence-electron chi connectivity index (χ0n) is 13.3. The van der Waals surface area contributed by atoms with Crippen LogP contribution in [-0.4, -0.2) is 0 Å². The van der Waals surface area contributed by atoms with Crippen LogP contribution in [0.2, 0.25) is 0 Å². The van der Waals surface area contributed by atoms with E-state index in [2.05, 4.69) is 86.7 Å². The summed E-state index contributed by atoms with van der Waals surface area (Å²) in [5.41, 5.74) is 6.26. The highest BCUT2D eigenvalue weighted by Gasteiger charge is 2.50. The molecule has 2 aliphatic carbocycles. The van der Waals surface area contributed by atoms with E-state index in [1.165, 1.54) is 22.3 Å². The van der Waals surface area contributed by atoms with Gasteiger partial charge in [0.05, 0.1) is 0 Å². The van der Waals surface area contributed by atoms with E-state index >= 15 is 0 Å². The lowest BCUT2D eigenvalue weighted by atomic mass is 9.70. The fourth-order valence-electron chi connectivity index (χ4n) is 4.17. The molecule has 22 heavy (non-hydrogen) atoms. The summed E-state index contributed by atoms with van der Waals surface area (Å²) in [6.07, 6.45) is 7.36. The van der Waals surface area contributed by atoms with Crippen molar-refractivity contribution in [1.29, 1.82) is 0 Å². The molecule has 0 radical (unpaired) electrons. The van der Waals surface area contributed by atoms with Crippen LogP contribution in [0.25, 0.3) is 11.1 Å². The Morgan fingerprint density at radius 3 is 1.32 bits per heavy atom. The van der Waals surface area contributed by atoms with Gasteiger partial charge in [0.2, 0.25) is 0 Å². The monoisotopic (exact) mass is 286 g/mol. The first-order chi connectivity index (χ1) is 10.6. The van der Waals surface area contributed by atoms with E-state index in [1.54, 1.807) is 0 Å². The van der Waals surface area contributed by atoms with Gasteiger partial charge in [0.1, 0.15) is 0 Å². The lowest BCUT2D eigenvalue weighted by Gasteiger charge is -2.33. The van der Waals surface area contributed by atoms with Gasteiger partial charge in [0.25, 0.3) is 0 Å². The zero-order chi connectivity index (χ0) is 15.2. The fraction of sp³-hybridized carbons (Fsp3) is 0.273. The summed E-state index contributed by atoms with van der Waals surface area (Å²) in [7, 11) is 0. The summed E-state index contributed by atoms with van der Waals surface area (Å²) in [4.78, 5) is 0. The lowest BCUT2D eigenvalue weighted by Crippen LogP contribution is -2.26. The Bertz CT molecular complexity index is 684. The first-order valence-corrected chi connectivity index (χ1v) is 8.14. The van der Waals surface area contributed by atoms with Crippen molar-refractivity contribution in [2.45, 2.75) is 26.7 Å². The third-order valence-corrected chi connectivity index (χ3v) is 5.69. The van der Waals surface area contributed by atoms with Crippen LogP contribution in [0.5, 0.6) is 0 Å². The molecule has 0 heterocycles. The molecule has 0 saturated heterocycles. The summed E-state index contributed by atoms with van der Waals surface area (Å²) in [6.45, 7) is 4.85. The van der Waals surface area contributed by atoms with Crippen molar-refractivity contribution in [3.8, 4) is 0 Å². The summed E-state index contributed by atoms with van der Waals surface area (Å²) < 4.78 is 0. The highest BCUT2D eigenvalue weighted by molar-refractivity contribution is 5.77. The molecule has 110 valence electrons. The van der Waals surface area contributed by atoms with Gasteiger partial charge in [-0.2, -0.15) is 0 Å². The maximum Gasteiger partial charge on any atom is -0.000839 e. The van der Waals surface area contributed by atoms with Crippen molar-refractivity contribution in [2.24, 2.45) is 10.8 Å². The first kappa shape index (κ1) is 13.6. The van der Waals surface area contributed by atoms with Crippen LogP contribution in [0, 0.1) is 10.8 Å². The van der Waals surface area contributed by atoms with Crippen molar-refractivity contribution in [3.63, 3.8) is 0 Å². The Hall–Kier alpha value is -2.08. The number of allylic oxidation sites excluding steroid dienone is 4. The second-order valence-corrected chi connectivity index (χ2v) is 7.26. The number of hydrogen-bond acceptors (Lipinski definition) is 0. The zero-order valence-corrected chi connectivity index (χ0v) is 13.3. The third-order valence-electron chi connectivity index (χ3n) is 5.69. The Labute approximate surface area is 133 Å². The lowest BCUT2D eigenvalue weighted by molar-refractivity contribution is 0.233. The predicted octanol–water partition coefficient (Wildman–Crippen LogP) is 5.97. The molecule has 0 aliphatic heterocycles. The molecular formula is C22H22. The van der Waals surface area contributed by atoms with Crippen LogP contribution < -0.4 is 0 Å². The standard InChI is InChI=1S/C22H22/c1-21-13-19(17-9-5-3-6-10-17)15-22(21,2)16-20(14-21)18-11-7-4-8-12-18/h3-13,16H,14-15H2,1-2H3.